The van der Waals surface area contributed by atoms with E-state index in [9.17, 15) is 23.5 Å². The predicted octanol–water partition coefficient (Wildman–Crippen LogP) is 2.14. The van der Waals surface area contributed by atoms with Crippen LogP contribution in [-0.4, -0.2) is 93.5 Å². The summed E-state index contributed by atoms with van der Waals surface area (Å²) in [6.07, 6.45) is 7.87. The number of nitrogens with one attached hydrogen (secondary N) is 3. The van der Waals surface area contributed by atoms with E-state index < -0.39 is 18.4 Å². The molecule has 2 saturated heterocycles. The summed E-state index contributed by atoms with van der Waals surface area (Å²) in [6.45, 7) is -0.797. The van der Waals surface area contributed by atoms with E-state index in [1.165, 1.54) is 41.5 Å². The second-order valence-corrected chi connectivity index (χ2v) is 11.0. The van der Waals surface area contributed by atoms with Gasteiger partial charge in [0.1, 0.15) is 35.2 Å². The van der Waals surface area contributed by atoms with Gasteiger partial charge in [0.25, 0.3) is 5.91 Å². The molecule has 1 aromatic heterocycles. The smallest absolute Gasteiger partial charge is 0.387 e. The molecular formula is C28H32ClF2N9O4. The molecule has 0 radical (unpaired) electrons. The molecule has 234 valence electrons. The van der Waals surface area contributed by atoms with E-state index in [1.54, 1.807) is 11.0 Å². The second-order valence-electron chi connectivity index (χ2n) is 10.5. The lowest BCUT2D eigenvalue weighted by molar-refractivity contribution is -0.133. The fourth-order valence-corrected chi connectivity index (χ4v) is 5.67. The highest BCUT2D eigenvalue weighted by atomic mass is 35.5. The molecule has 13 nitrogen and oxygen atoms in total. The van der Waals surface area contributed by atoms with E-state index in [2.05, 4.69) is 25.6 Å². The minimum absolute atomic E-state index is 0.00324. The zero-order valence-corrected chi connectivity index (χ0v) is 24.3. The highest BCUT2D eigenvalue weighted by molar-refractivity contribution is 6.31. The Morgan fingerprint density at radius 2 is 2.02 bits per heavy atom. The van der Waals surface area contributed by atoms with Gasteiger partial charge in [-0.3, -0.25) is 24.6 Å². The summed E-state index contributed by atoms with van der Waals surface area (Å²) in [6, 6.07) is 4.27. The maximum Gasteiger partial charge on any atom is 0.387 e. The van der Waals surface area contributed by atoms with E-state index >= 15 is 0 Å². The number of rotatable bonds is 9. The number of halogens is 3. The Hall–Kier alpha value is -4.34. The van der Waals surface area contributed by atoms with Crippen LogP contribution >= 0.6 is 11.6 Å². The molecule has 44 heavy (non-hydrogen) atoms. The van der Waals surface area contributed by atoms with Crippen LogP contribution in [0, 0.1) is 5.41 Å². The molecule has 0 bridgehead atoms. The van der Waals surface area contributed by atoms with Crippen molar-refractivity contribution in [1.29, 1.82) is 5.41 Å². The molecular weight excluding hydrogens is 600 g/mol. The van der Waals surface area contributed by atoms with E-state index in [4.69, 9.17) is 27.5 Å². The molecule has 1 atom stereocenters. The molecule has 5 rings (SSSR count). The lowest BCUT2D eigenvalue weighted by Crippen LogP contribution is -2.47. The monoisotopic (exact) mass is 631 g/mol. The lowest BCUT2D eigenvalue weighted by Gasteiger charge is -2.36. The number of β-amino-alcohol motifs (C(OH)–C–C–N with tert-alkyl or cyclic N) is 1. The molecule has 2 fully saturated rings. The van der Waals surface area contributed by atoms with Crippen molar-refractivity contribution in [3.63, 3.8) is 0 Å². The van der Waals surface area contributed by atoms with Crippen LogP contribution in [-0.2, 0) is 16.1 Å². The number of benzene rings is 1. The van der Waals surface area contributed by atoms with Gasteiger partial charge in [-0.15, -0.1) is 0 Å². The molecule has 2 aromatic rings. The van der Waals surface area contributed by atoms with E-state index in [0.29, 0.717) is 25.7 Å². The molecule has 4 heterocycles. The van der Waals surface area contributed by atoms with Gasteiger partial charge in [-0.25, -0.2) is 4.99 Å². The number of ether oxygens (including phenoxy) is 1. The number of nitrogens with two attached hydrogens (primary N) is 1. The molecule has 6 N–H and O–H groups in total. The van der Waals surface area contributed by atoms with Gasteiger partial charge in [-0.05, 0) is 43.5 Å². The van der Waals surface area contributed by atoms with E-state index in [-0.39, 0.29) is 57.7 Å². The van der Waals surface area contributed by atoms with Crippen molar-refractivity contribution in [2.75, 3.05) is 31.5 Å². The number of piperidine rings is 1. The number of allylic oxidation sites excluding steroid dienone is 1. The number of carbonyl (C=O) groups excluding carboxylic acids is 2. The fourth-order valence-electron chi connectivity index (χ4n) is 5.50. The number of hydrogen-bond acceptors (Lipinski definition) is 9. The Bertz CT molecular complexity index is 1520. The average Bonchev–Trinajstić information content (AvgIpc) is 3.60. The number of aromatic nitrogens is 2. The number of aliphatic imine (C=N–C) groups is 1. The number of alkyl halides is 2. The van der Waals surface area contributed by atoms with Crippen molar-refractivity contribution in [3.8, 4) is 17.0 Å². The van der Waals surface area contributed by atoms with Gasteiger partial charge in [0, 0.05) is 61.4 Å². The van der Waals surface area contributed by atoms with Gasteiger partial charge in [0.15, 0.2) is 0 Å². The lowest BCUT2D eigenvalue weighted by atomic mass is 10.0. The molecule has 3 aliphatic rings. The van der Waals surface area contributed by atoms with Gasteiger partial charge in [-0.2, -0.15) is 13.9 Å². The van der Waals surface area contributed by atoms with E-state index in [1.807, 2.05) is 0 Å². The SMILES string of the molecule is N=C(N)/C(C(=O)Nc1cn(CC(=O)N2CCC(N3CC[C@@H](O)C3)CC2)nc1-c1cc(Cl)ccc1OC(F)F)=C1/N=CC=CN1. The number of nitrogens with zero attached hydrogens (tertiary/aromatic N) is 5. The maximum absolute atomic E-state index is 13.4. The summed E-state index contributed by atoms with van der Waals surface area (Å²) in [7, 11) is 0. The van der Waals surface area contributed by atoms with Crippen LogP contribution in [0.3, 0.4) is 0 Å². The first kappa shape index (κ1) is 31.1. The van der Waals surface area contributed by atoms with Crippen LogP contribution < -0.4 is 21.1 Å². The van der Waals surface area contributed by atoms with Crippen LogP contribution in [0.2, 0.25) is 5.02 Å². The van der Waals surface area contributed by atoms with Crippen LogP contribution in [0.1, 0.15) is 19.3 Å². The minimum atomic E-state index is -3.15. The van der Waals surface area contributed by atoms with Crippen LogP contribution in [0.25, 0.3) is 11.3 Å². The fraction of sp³-hybridized carbons (Fsp3) is 0.393. The Balaban J connectivity index is 1.41. The van der Waals surface area contributed by atoms with Gasteiger partial charge < -0.3 is 31.1 Å². The average molecular weight is 632 g/mol. The number of amides is 2. The van der Waals surface area contributed by atoms with Crippen molar-refractivity contribution < 1.29 is 28.2 Å². The molecule has 0 unspecified atom stereocenters. The maximum atomic E-state index is 13.4. The van der Waals surface area contributed by atoms with Crippen molar-refractivity contribution >= 4 is 41.2 Å². The molecule has 0 aliphatic carbocycles. The standard InChI is InChI=1S/C28H32ClF2N9O4/c29-16-2-3-21(44-28(30)31)19(12-16)24-20(36-27(43)23(25(32)33)26-34-7-1-8-35-26)14-40(37-24)15-22(42)38-9-4-17(5-10-38)39-11-6-18(41)13-39/h1-3,7-8,12,14,17-18,28,34,41H,4-6,9-11,13,15H2,(H3,32,33)(H,36,43)/b26-23-/t18-/m1/s1. The number of carbonyl (C=O) groups is 2. The zero-order valence-electron chi connectivity index (χ0n) is 23.5. The summed E-state index contributed by atoms with van der Waals surface area (Å²) in [5.41, 5.74) is 5.50. The predicted molar refractivity (Wildman–Crippen MR) is 159 cm³/mol. The summed E-state index contributed by atoms with van der Waals surface area (Å²) < 4.78 is 32.5. The molecule has 2 amide bonds. The first-order chi connectivity index (χ1) is 21.1. The molecule has 3 aliphatic heterocycles. The van der Waals surface area contributed by atoms with Gasteiger partial charge in [-0.1, -0.05) is 11.6 Å². The molecule has 16 heteroatoms. The molecule has 0 spiro atoms. The number of anilines is 1. The van der Waals surface area contributed by atoms with Gasteiger partial charge >= 0.3 is 6.61 Å². The third-order valence-electron chi connectivity index (χ3n) is 7.59. The number of aliphatic hydroxyl groups is 1. The summed E-state index contributed by atoms with van der Waals surface area (Å²) in [5, 5.41) is 27.8. The highest BCUT2D eigenvalue weighted by Gasteiger charge is 2.31. The van der Waals surface area contributed by atoms with Gasteiger partial charge in [0.2, 0.25) is 5.91 Å². The van der Waals surface area contributed by atoms with Crippen molar-refractivity contribution in [2.24, 2.45) is 10.7 Å². The Kier molecular flexibility index (Phi) is 9.56. The van der Waals surface area contributed by atoms with Crippen molar-refractivity contribution in [2.45, 2.75) is 44.6 Å². The Morgan fingerprint density at radius 3 is 2.66 bits per heavy atom. The Morgan fingerprint density at radius 1 is 1.25 bits per heavy atom. The van der Waals surface area contributed by atoms with Crippen LogP contribution in [0.5, 0.6) is 5.75 Å². The number of amidine groups is 1. The third-order valence-corrected chi connectivity index (χ3v) is 7.82. The van der Waals surface area contributed by atoms with Crippen molar-refractivity contribution in [3.05, 3.63) is 53.1 Å². The van der Waals surface area contributed by atoms with Gasteiger partial charge in [0.05, 0.1) is 11.8 Å². The van der Waals surface area contributed by atoms with Crippen LogP contribution in [0.4, 0.5) is 14.5 Å². The topological polar surface area (TPSA) is 174 Å². The minimum Gasteiger partial charge on any atom is -0.434 e. The van der Waals surface area contributed by atoms with Crippen molar-refractivity contribution in [1.82, 2.24) is 24.9 Å². The molecule has 0 saturated carbocycles. The molecule has 1 aromatic carbocycles. The third kappa shape index (κ3) is 7.23. The number of aliphatic hydroxyl groups excluding tert-OH is 1. The summed E-state index contributed by atoms with van der Waals surface area (Å²) >= 11 is 6.19. The number of likely N-dealkylation sites (tertiary alicyclic amines) is 2. The van der Waals surface area contributed by atoms with Crippen LogP contribution in [0.15, 0.2) is 53.1 Å². The first-order valence-electron chi connectivity index (χ1n) is 14.0. The Labute approximate surface area is 256 Å². The second kappa shape index (κ2) is 13.5. The highest BCUT2D eigenvalue weighted by Crippen LogP contribution is 2.37. The first-order valence-corrected chi connectivity index (χ1v) is 14.3. The largest absolute Gasteiger partial charge is 0.434 e. The van der Waals surface area contributed by atoms with E-state index in [0.717, 1.165) is 25.8 Å². The normalized spacial score (nSPS) is 20.1. The zero-order chi connectivity index (χ0) is 31.4. The quantitative estimate of drug-likeness (QED) is 0.159. The summed E-state index contributed by atoms with van der Waals surface area (Å²) in [4.78, 5) is 34.7. The summed E-state index contributed by atoms with van der Waals surface area (Å²) in [5.74, 6) is -1.84. The number of hydrogen-bond donors (Lipinski definition) is 5.